The van der Waals surface area contributed by atoms with Crippen molar-refractivity contribution in [3.63, 3.8) is 0 Å². The number of rotatable bonds is 1. The predicted octanol–water partition coefficient (Wildman–Crippen LogP) is 4.19. The van der Waals surface area contributed by atoms with Crippen LogP contribution in [-0.2, 0) is 0 Å². The van der Waals surface area contributed by atoms with Crippen molar-refractivity contribution in [3.05, 3.63) is 34.2 Å². The van der Waals surface area contributed by atoms with Gasteiger partial charge in [-0.25, -0.2) is 4.39 Å². The summed E-state index contributed by atoms with van der Waals surface area (Å²) in [5, 5.41) is 1.04. The molecule has 0 atom stereocenters. The molecule has 0 bridgehead atoms. The largest absolute Gasteiger partial charge is 0.357 e. The van der Waals surface area contributed by atoms with E-state index in [1.165, 1.54) is 12.1 Å². The molecule has 0 saturated carbocycles. The van der Waals surface area contributed by atoms with Crippen LogP contribution in [0.4, 0.5) is 4.39 Å². The number of halogens is 2. The fourth-order valence-corrected chi connectivity index (χ4v) is 2.46. The van der Waals surface area contributed by atoms with Crippen molar-refractivity contribution in [2.24, 2.45) is 0 Å². The molecule has 0 aliphatic heterocycles. The van der Waals surface area contributed by atoms with E-state index in [-0.39, 0.29) is 5.82 Å². The molecule has 0 amide bonds. The summed E-state index contributed by atoms with van der Waals surface area (Å²) >= 11 is 3.52. The fourth-order valence-electron chi connectivity index (χ4n) is 1.55. The maximum absolute atomic E-state index is 12.9. The Labute approximate surface area is 90.5 Å². The quantitative estimate of drug-likeness (QED) is 0.787. The zero-order valence-electron chi connectivity index (χ0n) is 8.07. The number of benzene rings is 1. The molecule has 74 valence electrons. The van der Waals surface area contributed by atoms with Gasteiger partial charge < -0.3 is 4.98 Å². The third-order valence-electron chi connectivity index (χ3n) is 2.30. The second-order valence-electron chi connectivity index (χ2n) is 3.70. The van der Waals surface area contributed by atoms with Gasteiger partial charge in [0, 0.05) is 21.1 Å². The van der Waals surface area contributed by atoms with E-state index in [2.05, 4.69) is 34.8 Å². The van der Waals surface area contributed by atoms with Crippen molar-refractivity contribution < 1.29 is 4.39 Å². The lowest BCUT2D eigenvalue weighted by Crippen LogP contribution is -1.86. The highest BCUT2D eigenvalue weighted by Gasteiger charge is 2.11. The molecule has 14 heavy (non-hydrogen) atoms. The lowest BCUT2D eigenvalue weighted by atomic mass is 10.1. The van der Waals surface area contributed by atoms with Gasteiger partial charge in [-0.3, -0.25) is 0 Å². The fraction of sp³-hybridized carbons (Fsp3) is 0.273. The van der Waals surface area contributed by atoms with Crippen LogP contribution >= 0.6 is 15.9 Å². The van der Waals surface area contributed by atoms with Gasteiger partial charge in [0.25, 0.3) is 0 Å². The summed E-state index contributed by atoms with van der Waals surface area (Å²) < 4.78 is 14.0. The van der Waals surface area contributed by atoms with Crippen molar-refractivity contribution in [2.45, 2.75) is 19.8 Å². The van der Waals surface area contributed by atoms with Crippen LogP contribution in [0.1, 0.15) is 25.5 Å². The third kappa shape index (κ3) is 1.46. The van der Waals surface area contributed by atoms with Crippen molar-refractivity contribution >= 4 is 26.8 Å². The van der Waals surface area contributed by atoms with Crippen LogP contribution in [-0.4, -0.2) is 4.98 Å². The summed E-state index contributed by atoms with van der Waals surface area (Å²) in [6, 6.07) is 4.79. The molecule has 1 aromatic heterocycles. The molecule has 1 heterocycles. The molecule has 0 saturated heterocycles. The third-order valence-corrected chi connectivity index (χ3v) is 3.16. The number of fused-ring (bicyclic) bond motifs is 1. The molecule has 2 aromatic rings. The lowest BCUT2D eigenvalue weighted by molar-refractivity contribution is 0.629. The molecule has 0 spiro atoms. The second kappa shape index (κ2) is 3.39. The van der Waals surface area contributed by atoms with Gasteiger partial charge in [0.15, 0.2) is 0 Å². The van der Waals surface area contributed by atoms with Gasteiger partial charge in [-0.05, 0) is 40.0 Å². The lowest BCUT2D eigenvalue weighted by Gasteiger charge is -2.00. The van der Waals surface area contributed by atoms with Gasteiger partial charge in [-0.2, -0.15) is 0 Å². The summed E-state index contributed by atoms with van der Waals surface area (Å²) in [7, 11) is 0. The first-order valence-corrected chi connectivity index (χ1v) is 5.35. The Morgan fingerprint density at radius 1 is 1.36 bits per heavy atom. The Bertz CT molecular complexity index is 473. The van der Waals surface area contributed by atoms with E-state index in [0.717, 1.165) is 21.1 Å². The molecular formula is C11H11BrFN. The smallest absolute Gasteiger partial charge is 0.125 e. The first-order valence-electron chi connectivity index (χ1n) is 4.56. The molecular weight excluding hydrogens is 245 g/mol. The number of hydrogen-bond donors (Lipinski definition) is 1. The van der Waals surface area contributed by atoms with E-state index < -0.39 is 0 Å². The minimum Gasteiger partial charge on any atom is -0.357 e. The van der Waals surface area contributed by atoms with Crippen LogP contribution in [0.2, 0.25) is 0 Å². The first-order chi connectivity index (χ1) is 6.59. The Balaban J connectivity index is 2.73. The average molecular weight is 256 g/mol. The van der Waals surface area contributed by atoms with Crippen LogP contribution in [0.3, 0.4) is 0 Å². The van der Waals surface area contributed by atoms with E-state index >= 15 is 0 Å². The van der Waals surface area contributed by atoms with Crippen LogP contribution in [0.5, 0.6) is 0 Å². The zero-order valence-corrected chi connectivity index (χ0v) is 9.65. The molecule has 2 rings (SSSR count). The van der Waals surface area contributed by atoms with Gasteiger partial charge in [0.2, 0.25) is 0 Å². The number of nitrogens with one attached hydrogen (secondary N) is 1. The van der Waals surface area contributed by atoms with Crippen molar-refractivity contribution in [3.8, 4) is 0 Å². The molecule has 0 aliphatic carbocycles. The van der Waals surface area contributed by atoms with Crippen molar-refractivity contribution in [1.29, 1.82) is 0 Å². The predicted molar refractivity (Wildman–Crippen MR) is 60.0 cm³/mol. The molecule has 0 unspecified atom stereocenters. The Morgan fingerprint density at radius 3 is 2.71 bits per heavy atom. The maximum Gasteiger partial charge on any atom is 0.125 e. The van der Waals surface area contributed by atoms with E-state index in [0.29, 0.717) is 5.92 Å². The van der Waals surface area contributed by atoms with Crippen molar-refractivity contribution in [2.75, 3.05) is 0 Å². The SMILES string of the molecule is CC(C)c1[nH]c2cc(F)ccc2c1Br. The molecule has 3 heteroatoms. The Hall–Kier alpha value is -0.830. The van der Waals surface area contributed by atoms with E-state index in [1.54, 1.807) is 6.07 Å². The van der Waals surface area contributed by atoms with Gasteiger partial charge in [-0.1, -0.05) is 13.8 Å². The highest BCUT2D eigenvalue weighted by Crippen LogP contribution is 2.32. The minimum absolute atomic E-state index is 0.207. The molecule has 0 aliphatic rings. The molecule has 1 nitrogen and oxygen atoms in total. The molecule has 1 N–H and O–H groups in total. The number of H-pyrrole nitrogens is 1. The van der Waals surface area contributed by atoms with Crippen LogP contribution in [0.15, 0.2) is 22.7 Å². The van der Waals surface area contributed by atoms with Crippen LogP contribution < -0.4 is 0 Å². The van der Waals surface area contributed by atoms with E-state index in [9.17, 15) is 4.39 Å². The summed E-state index contributed by atoms with van der Waals surface area (Å²) in [6.07, 6.45) is 0. The van der Waals surface area contributed by atoms with Gasteiger partial charge in [0.05, 0.1) is 0 Å². The monoisotopic (exact) mass is 255 g/mol. The van der Waals surface area contributed by atoms with Crippen LogP contribution in [0.25, 0.3) is 10.9 Å². The zero-order chi connectivity index (χ0) is 10.3. The molecule has 0 radical (unpaired) electrons. The topological polar surface area (TPSA) is 15.8 Å². The summed E-state index contributed by atoms with van der Waals surface area (Å²) in [6.45, 7) is 4.21. The highest BCUT2D eigenvalue weighted by molar-refractivity contribution is 9.10. The van der Waals surface area contributed by atoms with Gasteiger partial charge >= 0.3 is 0 Å². The van der Waals surface area contributed by atoms with Crippen LogP contribution in [0, 0.1) is 5.82 Å². The Kier molecular flexibility index (Phi) is 2.35. The maximum atomic E-state index is 12.9. The van der Waals surface area contributed by atoms with Gasteiger partial charge in [-0.15, -0.1) is 0 Å². The number of hydrogen-bond acceptors (Lipinski definition) is 0. The molecule has 1 aromatic carbocycles. The first kappa shape index (κ1) is 9.71. The summed E-state index contributed by atoms with van der Waals surface area (Å²) in [5.41, 5.74) is 1.96. The average Bonchev–Trinajstić information content (AvgIpc) is 2.43. The minimum atomic E-state index is -0.207. The highest BCUT2D eigenvalue weighted by atomic mass is 79.9. The van der Waals surface area contributed by atoms with E-state index in [1.807, 2.05) is 0 Å². The molecule has 0 fully saturated rings. The normalized spacial score (nSPS) is 11.5. The van der Waals surface area contributed by atoms with Crippen molar-refractivity contribution in [1.82, 2.24) is 4.98 Å². The van der Waals surface area contributed by atoms with E-state index in [4.69, 9.17) is 0 Å². The number of aromatic nitrogens is 1. The standard InChI is InChI=1S/C11H11BrFN/c1-6(2)11-10(12)8-4-3-7(13)5-9(8)14-11/h3-6,14H,1-2H3. The second-order valence-corrected chi connectivity index (χ2v) is 4.49. The number of aromatic amines is 1. The van der Waals surface area contributed by atoms with Gasteiger partial charge in [0.1, 0.15) is 5.82 Å². The summed E-state index contributed by atoms with van der Waals surface area (Å²) in [5.74, 6) is 0.196. The Morgan fingerprint density at radius 2 is 2.07 bits per heavy atom. The summed E-state index contributed by atoms with van der Waals surface area (Å²) in [4.78, 5) is 3.22.